The molecule has 7 rings (SSSR count). The second-order valence-corrected chi connectivity index (χ2v) is 10.1. The Balaban J connectivity index is 1.17. The first kappa shape index (κ1) is 20.1. The Kier molecular flexibility index (Phi) is 4.49. The third-order valence-corrected chi connectivity index (χ3v) is 8.15. The van der Waals surface area contributed by atoms with Gasteiger partial charge < -0.3 is 10.0 Å². The molecule has 4 aliphatic rings. The minimum absolute atomic E-state index is 0.108. The van der Waals surface area contributed by atoms with Crippen molar-refractivity contribution in [3.63, 3.8) is 0 Å². The maximum Gasteiger partial charge on any atom is 0.225 e. The number of benzene rings is 1. The highest BCUT2D eigenvalue weighted by Gasteiger charge is 2.55. The summed E-state index contributed by atoms with van der Waals surface area (Å²) in [5.74, 6) is 0.816. The van der Waals surface area contributed by atoms with Crippen LogP contribution >= 0.6 is 0 Å². The number of aromatic nitrogens is 3. The van der Waals surface area contributed by atoms with E-state index in [4.69, 9.17) is 9.98 Å². The van der Waals surface area contributed by atoms with Crippen LogP contribution < -0.4 is 0 Å². The quantitative estimate of drug-likeness (QED) is 0.646. The molecule has 2 aromatic heterocycles. The smallest absolute Gasteiger partial charge is 0.225 e. The molecule has 2 aliphatic heterocycles. The molecule has 2 saturated carbocycles. The molecule has 0 amide bonds. The van der Waals surface area contributed by atoms with Gasteiger partial charge >= 0.3 is 0 Å². The fraction of sp³-hybridized carbons (Fsp3) is 0.407. The Bertz CT molecular complexity index is 1340. The molecule has 2 aliphatic carbocycles. The van der Waals surface area contributed by atoms with Gasteiger partial charge in [0.25, 0.3) is 0 Å². The molecule has 7 nitrogen and oxygen atoms in total. The molecular weight excluding hydrogens is 424 g/mol. The topological polar surface area (TPSA) is 78.9 Å². The maximum atomic E-state index is 9.82. The van der Waals surface area contributed by atoms with Crippen LogP contribution in [0.1, 0.15) is 55.7 Å². The molecule has 0 spiro atoms. The van der Waals surface area contributed by atoms with Crippen LogP contribution in [-0.4, -0.2) is 55.6 Å². The number of hydrogen-bond acceptors (Lipinski definition) is 6. The van der Waals surface area contributed by atoms with Gasteiger partial charge in [0, 0.05) is 46.7 Å². The van der Waals surface area contributed by atoms with E-state index in [1.54, 1.807) is 0 Å². The van der Waals surface area contributed by atoms with E-state index in [9.17, 15) is 5.11 Å². The zero-order valence-corrected chi connectivity index (χ0v) is 19.1. The van der Waals surface area contributed by atoms with E-state index in [0.717, 1.165) is 54.8 Å². The van der Waals surface area contributed by atoms with Crippen molar-refractivity contribution in [1.29, 1.82) is 0 Å². The van der Waals surface area contributed by atoms with Crippen LogP contribution in [0.15, 0.2) is 65.1 Å². The van der Waals surface area contributed by atoms with Crippen molar-refractivity contribution >= 4 is 28.7 Å². The Morgan fingerprint density at radius 1 is 1.06 bits per heavy atom. The Labute approximate surface area is 198 Å². The van der Waals surface area contributed by atoms with Gasteiger partial charge in [0.2, 0.25) is 5.96 Å². The summed E-state index contributed by atoms with van der Waals surface area (Å²) in [6, 6.07) is 11.5. The molecule has 34 heavy (non-hydrogen) atoms. The lowest BCUT2D eigenvalue weighted by atomic mass is 9.86. The van der Waals surface area contributed by atoms with Crippen LogP contribution in [0, 0.1) is 0 Å². The number of aliphatic hydroxyl groups is 1. The Morgan fingerprint density at radius 3 is 2.79 bits per heavy atom. The Hall–Kier alpha value is -3.32. The molecule has 3 aromatic rings. The van der Waals surface area contributed by atoms with Crippen molar-refractivity contribution in [1.82, 2.24) is 19.7 Å². The average Bonchev–Trinajstić information content (AvgIpc) is 3.33. The van der Waals surface area contributed by atoms with Gasteiger partial charge in [-0.1, -0.05) is 12.1 Å². The van der Waals surface area contributed by atoms with Crippen LogP contribution in [0.25, 0.3) is 16.5 Å². The van der Waals surface area contributed by atoms with Crippen molar-refractivity contribution in [3.05, 3.63) is 66.2 Å². The third kappa shape index (κ3) is 3.21. The van der Waals surface area contributed by atoms with E-state index < -0.39 is 0 Å². The summed E-state index contributed by atoms with van der Waals surface area (Å²) in [5.41, 5.74) is 4.69. The van der Waals surface area contributed by atoms with Crippen molar-refractivity contribution in [3.8, 4) is 0 Å². The number of pyridine rings is 1. The van der Waals surface area contributed by atoms with E-state index in [1.165, 1.54) is 23.8 Å². The zero-order valence-electron chi connectivity index (χ0n) is 19.1. The molecule has 1 N–H and O–H groups in total. The fourth-order valence-corrected chi connectivity index (χ4v) is 5.98. The number of aliphatic hydroxyl groups excluding tert-OH is 1. The van der Waals surface area contributed by atoms with Crippen molar-refractivity contribution in [2.75, 3.05) is 6.54 Å². The third-order valence-electron chi connectivity index (χ3n) is 8.15. The fourth-order valence-electron chi connectivity index (χ4n) is 5.98. The largest absolute Gasteiger partial charge is 0.393 e. The highest BCUT2D eigenvalue weighted by molar-refractivity contribution is 6.16. The number of hydrogen-bond donors (Lipinski definition) is 1. The summed E-state index contributed by atoms with van der Waals surface area (Å²) in [5, 5.41) is 15.7. The zero-order chi connectivity index (χ0) is 22.7. The summed E-state index contributed by atoms with van der Waals surface area (Å²) in [6.07, 6.45) is 15.9. The first-order valence-electron chi connectivity index (χ1n) is 12.4. The number of aliphatic imine (C=N–C) groups is 2. The van der Waals surface area contributed by atoms with E-state index in [1.807, 2.05) is 24.7 Å². The molecule has 1 atom stereocenters. The molecule has 1 aromatic carbocycles. The van der Waals surface area contributed by atoms with Gasteiger partial charge in [0.15, 0.2) is 0 Å². The predicted octanol–water partition coefficient (Wildman–Crippen LogP) is 4.10. The van der Waals surface area contributed by atoms with Gasteiger partial charge in [0.05, 0.1) is 36.4 Å². The number of fused-ring (bicyclic) bond motifs is 2. The first-order chi connectivity index (χ1) is 16.7. The lowest BCUT2D eigenvalue weighted by Gasteiger charge is -2.32. The average molecular weight is 453 g/mol. The van der Waals surface area contributed by atoms with Crippen LogP contribution in [-0.2, 0) is 5.41 Å². The number of nitrogens with zero attached hydrogens (tertiary/aromatic N) is 6. The minimum atomic E-state index is -0.155. The van der Waals surface area contributed by atoms with Gasteiger partial charge in [-0.05, 0) is 62.3 Å². The molecular formula is C27H28N6O. The van der Waals surface area contributed by atoms with E-state index in [-0.39, 0.29) is 17.6 Å². The van der Waals surface area contributed by atoms with E-state index >= 15 is 0 Å². The molecule has 0 bridgehead atoms. The van der Waals surface area contributed by atoms with Gasteiger partial charge in [-0.15, -0.1) is 0 Å². The van der Waals surface area contributed by atoms with E-state index in [2.05, 4.69) is 56.3 Å². The van der Waals surface area contributed by atoms with Crippen LogP contribution in [0.5, 0.6) is 0 Å². The van der Waals surface area contributed by atoms with Gasteiger partial charge in [-0.3, -0.25) is 9.67 Å². The molecule has 2 fully saturated rings. The molecule has 172 valence electrons. The van der Waals surface area contributed by atoms with Gasteiger partial charge in [-0.25, -0.2) is 9.98 Å². The lowest BCUT2D eigenvalue weighted by Crippen LogP contribution is -2.42. The summed E-state index contributed by atoms with van der Waals surface area (Å²) < 4.78 is 2.08. The minimum Gasteiger partial charge on any atom is -0.393 e. The van der Waals surface area contributed by atoms with Crippen molar-refractivity contribution in [2.45, 2.75) is 62.1 Å². The van der Waals surface area contributed by atoms with Crippen molar-refractivity contribution in [2.24, 2.45) is 9.98 Å². The monoisotopic (exact) mass is 452 g/mol. The summed E-state index contributed by atoms with van der Waals surface area (Å²) >= 11 is 0. The maximum absolute atomic E-state index is 9.82. The second-order valence-electron chi connectivity index (χ2n) is 10.1. The van der Waals surface area contributed by atoms with Crippen LogP contribution in [0.4, 0.5) is 0 Å². The Morgan fingerprint density at radius 2 is 1.94 bits per heavy atom. The van der Waals surface area contributed by atoms with Gasteiger partial charge in [-0.2, -0.15) is 5.10 Å². The van der Waals surface area contributed by atoms with Crippen LogP contribution in [0.3, 0.4) is 0 Å². The predicted molar refractivity (Wildman–Crippen MR) is 133 cm³/mol. The summed E-state index contributed by atoms with van der Waals surface area (Å²) in [6.45, 7) is 0.769. The normalized spacial score (nSPS) is 27.4. The second kappa shape index (κ2) is 7.60. The van der Waals surface area contributed by atoms with Crippen LogP contribution in [0.2, 0.25) is 0 Å². The first-order valence-corrected chi connectivity index (χ1v) is 12.4. The summed E-state index contributed by atoms with van der Waals surface area (Å²) in [7, 11) is 0. The SMILES string of the molecule is OC1CCC(n2cc(C3=CN4C(=NCC4C4(c5ccc6ncccc6c5)CC4)N=C3)cn2)CC1. The number of allylic oxidation sites excluding steroid dienone is 1. The lowest BCUT2D eigenvalue weighted by molar-refractivity contribution is 0.108. The molecule has 0 radical (unpaired) electrons. The molecule has 1 unspecified atom stereocenters. The number of rotatable bonds is 4. The number of guanidine groups is 1. The molecule has 4 heterocycles. The standard InChI is InChI=1S/C27H28N6O/c34-23-6-4-22(5-7-23)33-17-20(14-31-33)19-13-29-26-30-15-25(32(26)16-19)27(9-10-27)21-3-8-24-18(12-21)2-1-11-28-24/h1-3,8,11-14,16-17,22-23,25,34H,4-7,9-10,15H2. The molecule has 7 heteroatoms. The highest BCUT2D eigenvalue weighted by Crippen LogP contribution is 2.54. The van der Waals surface area contributed by atoms with Gasteiger partial charge in [0.1, 0.15) is 0 Å². The highest BCUT2D eigenvalue weighted by atomic mass is 16.3. The van der Waals surface area contributed by atoms with E-state index in [0.29, 0.717) is 6.04 Å². The van der Waals surface area contributed by atoms with Crippen molar-refractivity contribution < 1.29 is 5.11 Å². The summed E-state index contributed by atoms with van der Waals surface area (Å²) in [4.78, 5) is 16.3. The molecule has 0 saturated heterocycles.